The fraction of sp³-hybridized carbons (Fsp3) is 0.346. The van der Waals surface area contributed by atoms with Gasteiger partial charge in [-0.05, 0) is 48.2 Å². The molecule has 172 valence electrons. The molecule has 2 heterocycles. The van der Waals surface area contributed by atoms with Gasteiger partial charge in [-0.25, -0.2) is 14.4 Å². The van der Waals surface area contributed by atoms with E-state index in [-0.39, 0.29) is 17.6 Å². The van der Waals surface area contributed by atoms with Gasteiger partial charge in [0.1, 0.15) is 5.82 Å². The molecule has 1 unspecified atom stereocenters. The molecule has 3 aromatic rings. The fourth-order valence-electron chi connectivity index (χ4n) is 4.27. The van der Waals surface area contributed by atoms with Crippen LogP contribution in [0.5, 0.6) is 0 Å². The lowest BCUT2D eigenvalue weighted by molar-refractivity contribution is 0.0706. The summed E-state index contributed by atoms with van der Waals surface area (Å²) in [7, 11) is 5.44. The first kappa shape index (κ1) is 22.9. The van der Waals surface area contributed by atoms with Crippen molar-refractivity contribution in [1.29, 1.82) is 0 Å². The average molecular weight is 449 g/mol. The van der Waals surface area contributed by atoms with Gasteiger partial charge in [-0.1, -0.05) is 24.3 Å². The van der Waals surface area contributed by atoms with E-state index in [9.17, 15) is 9.18 Å². The number of likely N-dealkylation sites (tertiary alicyclic amines) is 1. The van der Waals surface area contributed by atoms with Crippen LogP contribution in [0.4, 0.5) is 10.3 Å². The highest BCUT2D eigenvalue weighted by molar-refractivity contribution is 5.94. The van der Waals surface area contributed by atoms with Crippen LogP contribution in [0.1, 0.15) is 40.4 Å². The van der Waals surface area contributed by atoms with Gasteiger partial charge < -0.3 is 14.5 Å². The molecule has 0 spiro atoms. The van der Waals surface area contributed by atoms with E-state index in [1.165, 1.54) is 12.1 Å². The third-order valence-electron chi connectivity index (χ3n) is 5.95. The summed E-state index contributed by atoms with van der Waals surface area (Å²) in [5.41, 5.74) is 4.10. The Bertz CT molecular complexity index is 1120. The molecule has 0 N–H and O–H groups in total. The Balaban J connectivity index is 1.63. The van der Waals surface area contributed by atoms with E-state index in [1.54, 1.807) is 19.4 Å². The van der Waals surface area contributed by atoms with Crippen molar-refractivity contribution in [2.45, 2.75) is 25.4 Å². The Kier molecular flexibility index (Phi) is 6.99. The number of rotatable bonds is 6. The molecule has 1 aliphatic rings. The van der Waals surface area contributed by atoms with Crippen LogP contribution in [0.2, 0.25) is 0 Å². The smallest absolute Gasteiger partial charge is 0.253 e. The van der Waals surface area contributed by atoms with Crippen molar-refractivity contribution in [2.75, 3.05) is 39.2 Å². The fourth-order valence-corrected chi connectivity index (χ4v) is 4.27. The Hall–Kier alpha value is -3.32. The summed E-state index contributed by atoms with van der Waals surface area (Å²) in [6.45, 7) is 1.78. The first-order valence-electron chi connectivity index (χ1n) is 11.1. The summed E-state index contributed by atoms with van der Waals surface area (Å²) < 4.78 is 19.1. The molecule has 1 fully saturated rings. The van der Waals surface area contributed by atoms with E-state index in [0.29, 0.717) is 31.2 Å². The van der Waals surface area contributed by atoms with Crippen LogP contribution in [-0.2, 0) is 11.3 Å². The van der Waals surface area contributed by atoms with Crippen LogP contribution < -0.4 is 4.90 Å². The van der Waals surface area contributed by atoms with E-state index >= 15 is 0 Å². The number of amides is 1. The van der Waals surface area contributed by atoms with Crippen LogP contribution in [0.15, 0.2) is 54.7 Å². The molecule has 1 aromatic heterocycles. The summed E-state index contributed by atoms with van der Waals surface area (Å²) >= 11 is 0. The number of methoxy groups -OCH3 is 1. The van der Waals surface area contributed by atoms with Crippen molar-refractivity contribution in [1.82, 2.24) is 14.9 Å². The quantitative estimate of drug-likeness (QED) is 0.555. The summed E-state index contributed by atoms with van der Waals surface area (Å²) in [6.07, 6.45) is 3.55. The molecule has 0 radical (unpaired) electrons. The van der Waals surface area contributed by atoms with Crippen molar-refractivity contribution in [3.63, 3.8) is 0 Å². The van der Waals surface area contributed by atoms with Gasteiger partial charge in [0.05, 0.1) is 12.3 Å². The molecule has 33 heavy (non-hydrogen) atoms. The van der Waals surface area contributed by atoms with Gasteiger partial charge in [0.25, 0.3) is 5.91 Å². The topological polar surface area (TPSA) is 58.6 Å². The molecule has 1 atom stereocenters. The molecule has 0 aliphatic carbocycles. The SMILES string of the molecule is COCc1ccc(C(=O)N2CCCC(c3nc(N(C)C)ncc3-c3cccc(F)c3)C2)cc1. The summed E-state index contributed by atoms with van der Waals surface area (Å²) in [6, 6.07) is 14.1. The minimum atomic E-state index is -0.299. The second-order valence-corrected chi connectivity index (χ2v) is 8.59. The predicted octanol–water partition coefficient (Wildman–Crippen LogP) is 4.51. The number of nitrogens with zero attached hydrogens (tertiary/aromatic N) is 4. The number of aromatic nitrogens is 2. The average Bonchev–Trinajstić information content (AvgIpc) is 2.84. The number of piperidine rings is 1. The number of ether oxygens (including phenoxy) is 1. The maximum Gasteiger partial charge on any atom is 0.253 e. The Morgan fingerprint density at radius 2 is 2.00 bits per heavy atom. The standard InChI is InChI=1S/C26H29FN4O2/c1-30(2)26-28-15-23(20-6-4-8-22(27)14-20)24(29-26)21-7-5-13-31(16-21)25(32)19-11-9-18(10-12-19)17-33-3/h4,6,8-12,14-15,21H,5,7,13,16-17H2,1-3H3. The monoisotopic (exact) mass is 448 g/mol. The molecular formula is C26H29FN4O2. The zero-order chi connectivity index (χ0) is 23.4. The third kappa shape index (κ3) is 5.20. The molecule has 4 rings (SSSR count). The number of benzene rings is 2. The van der Waals surface area contributed by atoms with Crippen LogP contribution in [0.25, 0.3) is 11.1 Å². The van der Waals surface area contributed by atoms with Gasteiger partial charge in [0.2, 0.25) is 5.95 Å². The van der Waals surface area contributed by atoms with Gasteiger partial charge in [0, 0.05) is 57.5 Å². The Morgan fingerprint density at radius 1 is 1.21 bits per heavy atom. The number of anilines is 1. The molecular weight excluding hydrogens is 419 g/mol. The number of carbonyl (C=O) groups is 1. The van der Waals surface area contributed by atoms with E-state index < -0.39 is 0 Å². The van der Waals surface area contributed by atoms with Gasteiger partial charge in [0.15, 0.2) is 0 Å². The van der Waals surface area contributed by atoms with Crippen molar-refractivity contribution >= 4 is 11.9 Å². The predicted molar refractivity (Wildman–Crippen MR) is 127 cm³/mol. The minimum absolute atomic E-state index is 0.0119. The Labute approximate surface area is 194 Å². The normalized spacial score (nSPS) is 16.0. The van der Waals surface area contributed by atoms with E-state index in [0.717, 1.165) is 35.2 Å². The van der Waals surface area contributed by atoms with Crippen LogP contribution >= 0.6 is 0 Å². The maximum atomic E-state index is 14.0. The van der Waals surface area contributed by atoms with Crippen LogP contribution in [0, 0.1) is 5.82 Å². The molecule has 2 aromatic carbocycles. The van der Waals surface area contributed by atoms with Gasteiger partial charge in [-0.3, -0.25) is 4.79 Å². The number of hydrogen-bond donors (Lipinski definition) is 0. The number of carbonyl (C=O) groups excluding carboxylic acids is 1. The van der Waals surface area contributed by atoms with Crippen molar-refractivity contribution < 1.29 is 13.9 Å². The zero-order valence-corrected chi connectivity index (χ0v) is 19.3. The van der Waals surface area contributed by atoms with Crippen molar-refractivity contribution in [3.8, 4) is 11.1 Å². The second kappa shape index (κ2) is 10.1. The molecule has 6 nitrogen and oxygen atoms in total. The first-order valence-corrected chi connectivity index (χ1v) is 11.1. The third-order valence-corrected chi connectivity index (χ3v) is 5.95. The number of hydrogen-bond acceptors (Lipinski definition) is 5. The number of halogens is 1. The molecule has 0 bridgehead atoms. The van der Waals surface area contributed by atoms with Gasteiger partial charge in [-0.15, -0.1) is 0 Å². The minimum Gasteiger partial charge on any atom is -0.380 e. The van der Waals surface area contributed by atoms with Crippen LogP contribution in [0.3, 0.4) is 0 Å². The summed E-state index contributed by atoms with van der Waals surface area (Å²) in [4.78, 5) is 26.3. The van der Waals surface area contributed by atoms with Crippen LogP contribution in [-0.4, -0.2) is 55.1 Å². The highest BCUT2D eigenvalue weighted by Crippen LogP contribution is 2.34. The van der Waals surface area contributed by atoms with E-state index in [1.807, 2.05) is 54.2 Å². The highest BCUT2D eigenvalue weighted by Gasteiger charge is 2.29. The largest absolute Gasteiger partial charge is 0.380 e. The molecule has 7 heteroatoms. The lowest BCUT2D eigenvalue weighted by Crippen LogP contribution is -2.39. The molecule has 1 aliphatic heterocycles. The summed E-state index contributed by atoms with van der Waals surface area (Å²) in [5.74, 6) is 0.350. The lowest BCUT2D eigenvalue weighted by Gasteiger charge is -2.33. The van der Waals surface area contributed by atoms with Gasteiger partial charge >= 0.3 is 0 Å². The van der Waals surface area contributed by atoms with E-state index in [2.05, 4.69) is 4.98 Å². The van der Waals surface area contributed by atoms with Gasteiger partial charge in [-0.2, -0.15) is 0 Å². The lowest BCUT2D eigenvalue weighted by atomic mass is 9.89. The first-order chi connectivity index (χ1) is 16.0. The highest BCUT2D eigenvalue weighted by atomic mass is 19.1. The van der Waals surface area contributed by atoms with Crippen molar-refractivity contribution in [3.05, 3.63) is 77.4 Å². The molecule has 0 saturated carbocycles. The van der Waals surface area contributed by atoms with Crippen molar-refractivity contribution in [2.24, 2.45) is 0 Å². The zero-order valence-electron chi connectivity index (χ0n) is 19.3. The maximum absolute atomic E-state index is 14.0. The second-order valence-electron chi connectivity index (χ2n) is 8.59. The molecule has 1 amide bonds. The Morgan fingerprint density at radius 3 is 2.70 bits per heavy atom. The molecule has 1 saturated heterocycles. The van der Waals surface area contributed by atoms with E-state index in [4.69, 9.17) is 9.72 Å². The summed E-state index contributed by atoms with van der Waals surface area (Å²) in [5, 5.41) is 0.